The number of anilines is 1. The molecular formula is C13H16BrN3O4. The molecule has 0 spiro atoms. The summed E-state index contributed by atoms with van der Waals surface area (Å²) in [6.07, 6.45) is 5.70. The van der Waals surface area contributed by atoms with E-state index in [0.717, 1.165) is 12.8 Å². The molecule has 1 aliphatic carbocycles. The average molecular weight is 358 g/mol. The van der Waals surface area contributed by atoms with Gasteiger partial charge in [-0.15, -0.1) is 0 Å². The van der Waals surface area contributed by atoms with Gasteiger partial charge in [0.15, 0.2) is 0 Å². The van der Waals surface area contributed by atoms with Gasteiger partial charge in [-0.25, -0.2) is 0 Å². The van der Waals surface area contributed by atoms with Crippen LogP contribution in [0.25, 0.3) is 0 Å². The Balaban J connectivity index is 1.95. The minimum Gasteiger partial charge on any atom is -0.481 e. The van der Waals surface area contributed by atoms with Crippen molar-refractivity contribution in [2.45, 2.75) is 25.7 Å². The Labute approximate surface area is 130 Å². The second-order valence-electron chi connectivity index (χ2n) is 5.21. The molecule has 0 radical (unpaired) electrons. The summed E-state index contributed by atoms with van der Waals surface area (Å²) in [6, 6.07) is 0. The van der Waals surface area contributed by atoms with Crippen molar-refractivity contribution in [1.82, 2.24) is 4.98 Å². The number of carboxylic acid groups (broad SMARTS) is 1. The normalized spacial score (nSPS) is 21.8. The number of nitrogens with one attached hydrogen (secondary N) is 1. The minimum atomic E-state index is -0.728. The molecule has 0 atom stereocenters. The van der Waals surface area contributed by atoms with Crippen molar-refractivity contribution in [3.8, 4) is 0 Å². The molecule has 0 unspecified atom stereocenters. The Morgan fingerprint density at radius 2 is 2.10 bits per heavy atom. The predicted molar refractivity (Wildman–Crippen MR) is 80.2 cm³/mol. The van der Waals surface area contributed by atoms with Crippen molar-refractivity contribution in [1.29, 1.82) is 0 Å². The first-order valence-electron chi connectivity index (χ1n) is 6.73. The van der Waals surface area contributed by atoms with E-state index >= 15 is 0 Å². The Bertz CT molecular complexity index is 544. The van der Waals surface area contributed by atoms with Crippen molar-refractivity contribution in [3.63, 3.8) is 0 Å². The molecule has 2 rings (SSSR count). The molecule has 1 saturated carbocycles. The molecular weight excluding hydrogens is 342 g/mol. The number of rotatable bonds is 5. The smallest absolute Gasteiger partial charge is 0.311 e. The minimum absolute atomic E-state index is 0.0661. The molecule has 0 amide bonds. The highest BCUT2D eigenvalue weighted by molar-refractivity contribution is 9.10. The van der Waals surface area contributed by atoms with Gasteiger partial charge in [0.2, 0.25) is 0 Å². The summed E-state index contributed by atoms with van der Waals surface area (Å²) < 4.78 is 0.552. The maximum Gasteiger partial charge on any atom is 0.311 e. The van der Waals surface area contributed by atoms with Gasteiger partial charge in [-0.2, -0.15) is 0 Å². The monoisotopic (exact) mass is 357 g/mol. The lowest BCUT2D eigenvalue weighted by Crippen LogP contribution is -2.25. The predicted octanol–water partition coefficient (Wildman–Crippen LogP) is 3.06. The van der Waals surface area contributed by atoms with Crippen LogP contribution in [0.5, 0.6) is 0 Å². The van der Waals surface area contributed by atoms with E-state index in [9.17, 15) is 14.9 Å². The lowest BCUT2D eigenvalue weighted by Gasteiger charge is -2.26. The zero-order chi connectivity index (χ0) is 15.4. The fourth-order valence-electron chi connectivity index (χ4n) is 2.60. The van der Waals surface area contributed by atoms with Gasteiger partial charge < -0.3 is 10.4 Å². The Morgan fingerprint density at radius 3 is 2.67 bits per heavy atom. The maximum atomic E-state index is 11.0. The lowest BCUT2D eigenvalue weighted by molar-refractivity contribution is -0.384. The molecule has 21 heavy (non-hydrogen) atoms. The molecule has 1 fully saturated rings. The van der Waals surface area contributed by atoms with E-state index in [1.807, 2.05) is 0 Å². The summed E-state index contributed by atoms with van der Waals surface area (Å²) in [5.41, 5.74) is 0.360. The first-order chi connectivity index (χ1) is 9.99. The molecule has 1 aromatic heterocycles. The fourth-order valence-corrected chi connectivity index (χ4v) is 3.06. The molecule has 8 heteroatoms. The molecule has 0 bridgehead atoms. The number of halogens is 1. The van der Waals surface area contributed by atoms with Gasteiger partial charge in [-0.1, -0.05) is 0 Å². The Kier molecular flexibility index (Phi) is 5.11. The van der Waals surface area contributed by atoms with E-state index < -0.39 is 10.9 Å². The molecule has 114 valence electrons. The molecule has 0 saturated heterocycles. The number of aliphatic carboxylic acids is 1. The zero-order valence-electron chi connectivity index (χ0n) is 11.3. The van der Waals surface area contributed by atoms with Gasteiger partial charge in [0.05, 0.1) is 15.3 Å². The Hall–Kier alpha value is -1.70. The quantitative estimate of drug-likeness (QED) is 0.619. The van der Waals surface area contributed by atoms with Crippen LogP contribution >= 0.6 is 15.9 Å². The van der Waals surface area contributed by atoms with Crippen LogP contribution in [0.4, 0.5) is 11.4 Å². The third-order valence-corrected chi connectivity index (χ3v) is 4.44. The number of nitrogens with zero attached hydrogens (tertiary/aromatic N) is 2. The number of hydrogen-bond acceptors (Lipinski definition) is 5. The first kappa shape index (κ1) is 15.7. The van der Waals surface area contributed by atoms with Crippen molar-refractivity contribution < 1.29 is 14.8 Å². The van der Waals surface area contributed by atoms with Crippen LogP contribution in [0.1, 0.15) is 25.7 Å². The summed E-state index contributed by atoms with van der Waals surface area (Å²) in [5, 5.41) is 23.0. The lowest BCUT2D eigenvalue weighted by atomic mass is 9.82. The Morgan fingerprint density at radius 1 is 1.43 bits per heavy atom. The van der Waals surface area contributed by atoms with E-state index in [1.165, 1.54) is 12.4 Å². The number of hydrogen-bond donors (Lipinski definition) is 2. The van der Waals surface area contributed by atoms with Crippen LogP contribution in [0.15, 0.2) is 16.9 Å². The average Bonchev–Trinajstić information content (AvgIpc) is 2.46. The number of carbonyl (C=O) groups is 1. The van der Waals surface area contributed by atoms with Gasteiger partial charge in [0.25, 0.3) is 0 Å². The van der Waals surface area contributed by atoms with Crippen molar-refractivity contribution in [3.05, 3.63) is 27.0 Å². The van der Waals surface area contributed by atoms with E-state index in [-0.39, 0.29) is 11.6 Å². The molecule has 7 nitrogen and oxygen atoms in total. The third-order valence-electron chi connectivity index (χ3n) is 3.84. The number of carboxylic acids is 1. The highest BCUT2D eigenvalue weighted by Gasteiger charge is 2.26. The summed E-state index contributed by atoms with van der Waals surface area (Å²) >= 11 is 3.26. The van der Waals surface area contributed by atoms with Crippen LogP contribution in [0.2, 0.25) is 0 Å². The maximum absolute atomic E-state index is 11.0. The zero-order valence-corrected chi connectivity index (χ0v) is 12.9. The van der Waals surface area contributed by atoms with Crippen LogP contribution in [0, 0.1) is 22.0 Å². The van der Waals surface area contributed by atoms with Gasteiger partial charge in [0, 0.05) is 12.7 Å². The van der Waals surface area contributed by atoms with Gasteiger partial charge in [0.1, 0.15) is 11.9 Å². The highest BCUT2D eigenvalue weighted by Crippen LogP contribution is 2.33. The molecule has 2 N–H and O–H groups in total. The molecule has 1 aliphatic rings. The first-order valence-corrected chi connectivity index (χ1v) is 7.53. The second kappa shape index (κ2) is 6.84. The van der Waals surface area contributed by atoms with Crippen molar-refractivity contribution in [2.24, 2.45) is 11.8 Å². The van der Waals surface area contributed by atoms with Crippen molar-refractivity contribution in [2.75, 3.05) is 11.9 Å². The largest absolute Gasteiger partial charge is 0.481 e. The van der Waals surface area contributed by atoms with Gasteiger partial charge in [-0.05, 0) is 47.5 Å². The standard InChI is InChI=1S/C13H16BrN3O4/c14-10-6-15-7-11(17(20)21)12(10)16-5-8-1-3-9(4-2-8)13(18)19/h6-9H,1-5H2,(H,15,16)(H,18,19). The molecule has 1 heterocycles. The summed E-state index contributed by atoms with van der Waals surface area (Å²) in [6.45, 7) is 0.593. The summed E-state index contributed by atoms with van der Waals surface area (Å²) in [5.74, 6) is -0.641. The highest BCUT2D eigenvalue weighted by atomic mass is 79.9. The summed E-state index contributed by atoms with van der Waals surface area (Å²) in [4.78, 5) is 25.2. The summed E-state index contributed by atoms with van der Waals surface area (Å²) in [7, 11) is 0. The van der Waals surface area contributed by atoms with E-state index in [4.69, 9.17) is 5.11 Å². The number of pyridine rings is 1. The topological polar surface area (TPSA) is 105 Å². The number of aromatic nitrogens is 1. The van der Waals surface area contributed by atoms with Gasteiger partial charge in [-0.3, -0.25) is 19.9 Å². The van der Waals surface area contributed by atoms with E-state index in [0.29, 0.717) is 35.5 Å². The van der Waals surface area contributed by atoms with Crippen LogP contribution in [0.3, 0.4) is 0 Å². The van der Waals surface area contributed by atoms with Crippen molar-refractivity contribution >= 4 is 33.3 Å². The molecule has 0 aromatic carbocycles. The van der Waals surface area contributed by atoms with E-state index in [2.05, 4.69) is 26.2 Å². The SMILES string of the molecule is O=C(O)C1CCC(CNc2c(Br)cncc2[N+](=O)[O-])CC1. The van der Waals surface area contributed by atoms with Crippen LogP contribution in [-0.4, -0.2) is 27.5 Å². The van der Waals surface area contributed by atoms with Crippen LogP contribution < -0.4 is 5.32 Å². The molecule has 1 aromatic rings. The number of nitro groups is 1. The fraction of sp³-hybridized carbons (Fsp3) is 0.538. The van der Waals surface area contributed by atoms with Crippen LogP contribution in [-0.2, 0) is 4.79 Å². The molecule has 0 aliphatic heterocycles. The second-order valence-corrected chi connectivity index (χ2v) is 6.06. The van der Waals surface area contributed by atoms with E-state index in [1.54, 1.807) is 0 Å². The third kappa shape index (κ3) is 3.90. The van der Waals surface area contributed by atoms with Gasteiger partial charge >= 0.3 is 11.7 Å².